The number of carbonyl (C=O) groups is 1. The summed E-state index contributed by atoms with van der Waals surface area (Å²) in [6.45, 7) is 8.71. The monoisotopic (exact) mass is 423 g/mol. The molecule has 5 atom stereocenters. The fourth-order valence-corrected chi connectivity index (χ4v) is 4.67. The van der Waals surface area contributed by atoms with Crippen molar-refractivity contribution in [1.29, 1.82) is 0 Å². The van der Waals surface area contributed by atoms with Gasteiger partial charge in [0.15, 0.2) is 0 Å². The van der Waals surface area contributed by atoms with Gasteiger partial charge in [0, 0.05) is 5.69 Å². The molecule has 0 amide bonds. The zero-order chi connectivity index (χ0) is 22.4. The first kappa shape index (κ1) is 23.2. The average Bonchev–Trinajstić information content (AvgIpc) is 2.77. The van der Waals surface area contributed by atoms with Gasteiger partial charge in [0.25, 0.3) is 0 Å². The Morgan fingerprint density at radius 3 is 2.29 bits per heavy atom. The van der Waals surface area contributed by atoms with Crippen LogP contribution in [-0.2, 0) is 9.53 Å². The highest BCUT2D eigenvalue weighted by atomic mass is 16.5. The molecule has 2 aromatic carbocycles. The van der Waals surface area contributed by atoms with Gasteiger partial charge in [-0.05, 0) is 67.3 Å². The Bertz CT molecular complexity index is 818. The van der Waals surface area contributed by atoms with E-state index in [0.29, 0.717) is 17.8 Å². The first-order valence-electron chi connectivity index (χ1n) is 11.5. The van der Waals surface area contributed by atoms with Crippen LogP contribution in [-0.4, -0.2) is 19.2 Å². The lowest BCUT2D eigenvalue weighted by molar-refractivity contribution is -0.161. The summed E-state index contributed by atoms with van der Waals surface area (Å²) in [5.74, 6) is 1.92. The van der Waals surface area contributed by atoms with Gasteiger partial charge in [-0.3, -0.25) is 4.79 Å². The average molecular weight is 424 g/mol. The molecule has 0 unspecified atom stereocenters. The lowest BCUT2D eigenvalue weighted by atomic mass is 9.75. The molecule has 168 valence electrons. The van der Waals surface area contributed by atoms with Gasteiger partial charge in [0.1, 0.15) is 11.9 Å². The highest BCUT2D eigenvalue weighted by Gasteiger charge is 2.36. The van der Waals surface area contributed by atoms with Crippen LogP contribution in [0, 0.1) is 23.7 Å². The maximum atomic E-state index is 13.3. The minimum Gasteiger partial charge on any atom is -0.497 e. The number of nitrogens with one attached hydrogen (secondary N) is 1. The maximum absolute atomic E-state index is 13.3. The summed E-state index contributed by atoms with van der Waals surface area (Å²) in [4.78, 5) is 13.3. The van der Waals surface area contributed by atoms with Gasteiger partial charge in [-0.15, -0.1) is 0 Å². The van der Waals surface area contributed by atoms with E-state index in [4.69, 9.17) is 9.47 Å². The number of rotatable bonds is 8. The molecule has 0 aromatic heterocycles. The number of hydrogen-bond donors (Lipinski definition) is 1. The van der Waals surface area contributed by atoms with Gasteiger partial charge >= 0.3 is 5.97 Å². The highest BCUT2D eigenvalue weighted by Crippen LogP contribution is 2.37. The van der Waals surface area contributed by atoms with Crippen LogP contribution in [0.5, 0.6) is 5.75 Å². The molecule has 0 radical (unpaired) electrons. The number of carbonyl (C=O) groups excluding carboxylic acids is 1. The van der Waals surface area contributed by atoms with Gasteiger partial charge in [-0.2, -0.15) is 0 Å². The number of ether oxygens (including phenoxy) is 2. The van der Waals surface area contributed by atoms with E-state index >= 15 is 0 Å². The number of esters is 1. The van der Waals surface area contributed by atoms with E-state index in [1.54, 1.807) is 7.11 Å². The van der Waals surface area contributed by atoms with Crippen LogP contribution in [0.25, 0.3) is 0 Å². The second kappa shape index (κ2) is 10.7. The van der Waals surface area contributed by atoms with Crippen LogP contribution >= 0.6 is 0 Å². The molecule has 0 aliphatic heterocycles. The van der Waals surface area contributed by atoms with Crippen molar-refractivity contribution in [2.45, 2.75) is 59.1 Å². The van der Waals surface area contributed by atoms with Gasteiger partial charge < -0.3 is 14.8 Å². The Balaban J connectivity index is 1.78. The van der Waals surface area contributed by atoms with Crippen molar-refractivity contribution in [3.05, 3.63) is 60.2 Å². The van der Waals surface area contributed by atoms with Crippen molar-refractivity contribution in [1.82, 2.24) is 0 Å². The number of anilines is 1. The van der Waals surface area contributed by atoms with E-state index in [2.05, 4.69) is 38.2 Å². The predicted molar refractivity (Wildman–Crippen MR) is 126 cm³/mol. The van der Waals surface area contributed by atoms with Gasteiger partial charge in [-0.25, -0.2) is 0 Å². The number of benzene rings is 2. The molecule has 31 heavy (non-hydrogen) atoms. The van der Waals surface area contributed by atoms with Crippen molar-refractivity contribution < 1.29 is 14.3 Å². The van der Waals surface area contributed by atoms with E-state index in [0.717, 1.165) is 29.8 Å². The summed E-state index contributed by atoms with van der Waals surface area (Å²) in [6.07, 6.45) is 3.33. The topological polar surface area (TPSA) is 47.6 Å². The standard InChI is InChI=1S/C27H37NO3/c1-18(2)24-16-11-19(3)17-25(24)31-27(29)20(4)26(21-9-7-6-8-10-21)28-22-12-14-23(30-5)15-13-22/h6-10,12-15,18-20,24-26,28H,11,16-17H2,1-5H3/t19-,20+,24+,25-,26-/m1/s1. The Labute approximate surface area is 187 Å². The third kappa shape index (κ3) is 6.03. The molecule has 1 aliphatic rings. The molecule has 1 fully saturated rings. The minimum atomic E-state index is -0.324. The van der Waals surface area contributed by atoms with Crippen molar-refractivity contribution in [2.75, 3.05) is 12.4 Å². The lowest BCUT2D eigenvalue weighted by Crippen LogP contribution is -2.38. The van der Waals surface area contributed by atoms with Gasteiger partial charge in [0.05, 0.1) is 19.1 Å². The van der Waals surface area contributed by atoms with Crippen LogP contribution in [0.15, 0.2) is 54.6 Å². The molecule has 4 nitrogen and oxygen atoms in total. The third-order valence-corrected chi connectivity index (χ3v) is 6.67. The molecule has 0 saturated heterocycles. The van der Waals surface area contributed by atoms with E-state index < -0.39 is 0 Å². The smallest absolute Gasteiger partial charge is 0.311 e. The van der Waals surface area contributed by atoms with E-state index in [9.17, 15) is 4.79 Å². The van der Waals surface area contributed by atoms with E-state index in [1.807, 2.05) is 49.4 Å². The minimum absolute atomic E-state index is 0.0103. The normalized spacial score (nSPS) is 23.1. The molecule has 4 heteroatoms. The molecule has 3 rings (SSSR count). The second-order valence-electron chi connectivity index (χ2n) is 9.35. The molecular weight excluding hydrogens is 386 g/mol. The van der Waals surface area contributed by atoms with Crippen LogP contribution in [0.1, 0.15) is 58.6 Å². The van der Waals surface area contributed by atoms with Crippen molar-refractivity contribution in [3.8, 4) is 5.75 Å². The number of hydrogen-bond acceptors (Lipinski definition) is 4. The van der Waals surface area contributed by atoms with E-state index in [-0.39, 0.29) is 24.0 Å². The fraction of sp³-hybridized carbons (Fsp3) is 0.519. The fourth-order valence-electron chi connectivity index (χ4n) is 4.67. The molecule has 0 heterocycles. The summed E-state index contributed by atoms with van der Waals surface area (Å²) >= 11 is 0. The Kier molecular flexibility index (Phi) is 8.00. The molecule has 1 saturated carbocycles. The third-order valence-electron chi connectivity index (χ3n) is 6.67. The molecule has 2 aromatic rings. The van der Waals surface area contributed by atoms with Crippen LogP contribution in [0.4, 0.5) is 5.69 Å². The summed E-state index contributed by atoms with van der Waals surface area (Å²) in [5.41, 5.74) is 2.01. The quantitative estimate of drug-likeness (QED) is 0.493. The summed E-state index contributed by atoms with van der Waals surface area (Å²) in [5, 5.41) is 3.55. The number of methoxy groups -OCH3 is 1. The van der Waals surface area contributed by atoms with Crippen LogP contribution in [0.3, 0.4) is 0 Å². The van der Waals surface area contributed by atoms with Crippen molar-refractivity contribution in [3.63, 3.8) is 0 Å². The largest absolute Gasteiger partial charge is 0.497 e. The Hall–Kier alpha value is -2.49. The Morgan fingerprint density at radius 2 is 1.68 bits per heavy atom. The SMILES string of the molecule is COc1ccc(N[C@@H](c2ccccc2)[C@H](C)C(=O)O[C@@H]2C[C@H](C)CC[C@H]2C(C)C)cc1. The summed E-state index contributed by atoms with van der Waals surface area (Å²) in [7, 11) is 1.66. The van der Waals surface area contributed by atoms with Gasteiger partial charge in [0.2, 0.25) is 0 Å². The van der Waals surface area contributed by atoms with Crippen LogP contribution in [0.2, 0.25) is 0 Å². The lowest BCUT2D eigenvalue weighted by Gasteiger charge is -2.37. The first-order chi connectivity index (χ1) is 14.9. The van der Waals surface area contributed by atoms with Crippen molar-refractivity contribution >= 4 is 11.7 Å². The van der Waals surface area contributed by atoms with Gasteiger partial charge in [-0.1, -0.05) is 57.5 Å². The zero-order valence-electron chi connectivity index (χ0n) is 19.5. The Morgan fingerprint density at radius 1 is 1.00 bits per heavy atom. The second-order valence-corrected chi connectivity index (χ2v) is 9.35. The first-order valence-corrected chi connectivity index (χ1v) is 11.5. The molecular formula is C27H37NO3. The van der Waals surface area contributed by atoms with Crippen molar-refractivity contribution in [2.24, 2.45) is 23.7 Å². The molecule has 0 bridgehead atoms. The predicted octanol–water partition coefficient (Wildman–Crippen LogP) is 6.49. The van der Waals surface area contributed by atoms with Crippen LogP contribution < -0.4 is 10.1 Å². The molecule has 1 aliphatic carbocycles. The maximum Gasteiger partial charge on any atom is 0.311 e. The molecule has 1 N–H and O–H groups in total. The summed E-state index contributed by atoms with van der Waals surface area (Å²) < 4.78 is 11.4. The highest BCUT2D eigenvalue weighted by molar-refractivity contribution is 5.74. The zero-order valence-corrected chi connectivity index (χ0v) is 19.5. The summed E-state index contributed by atoms with van der Waals surface area (Å²) in [6, 6.07) is 17.7. The molecule has 0 spiro atoms. The van der Waals surface area contributed by atoms with E-state index in [1.165, 1.54) is 6.42 Å².